The maximum atomic E-state index is 14.1. The second-order valence-corrected chi connectivity index (χ2v) is 10.3. The number of fused-ring (bicyclic) bond motifs is 1. The fourth-order valence-electron chi connectivity index (χ4n) is 4.98. The highest BCUT2D eigenvalue weighted by molar-refractivity contribution is 6.08. The molecule has 0 spiro atoms. The van der Waals surface area contributed by atoms with E-state index in [1.165, 1.54) is 11.0 Å². The van der Waals surface area contributed by atoms with Gasteiger partial charge in [-0.2, -0.15) is 13.2 Å². The van der Waals surface area contributed by atoms with Crippen LogP contribution in [0.15, 0.2) is 101 Å². The SMILES string of the molecule is Cc1ccc2ccccc2c1C(=O)N(Cc1ccc(-c2cccc([C@@H](C)C(=O)O)c2)cc1)Cc1ccc(C(F)(F)F)o1. The molecule has 4 aromatic carbocycles. The van der Waals surface area contributed by atoms with Crippen molar-refractivity contribution in [2.75, 3.05) is 0 Å². The topological polar surface area (TPSA) is 70.8 Å². The van der Waals surface area contributed by atoms with Crippen LogP contribution >= 0.6 is 0 Å². The van der Waals surface area contributed by atoms with Crippen LogP contribution in [0.3, 0.4) is 0 Å². The number of aliphatic carboxylic acids is 1. The van der Waals surface area contributed by atoms with E-state index in [1.807, 2.05) is 85.8 Å². The molecule has 0 saturated carbocycles. The number of alkyl halides is 3. The number of aryl methyl sites for hydroxylation is 1. The highest BCUT2D eigenvalue weighted by Crippen LogP contribution is 2.32. The standard InChI is InChI=1S/C34H28F3NO4/c1-21-10-13-25-6-3-4-9-29(25)31(21)32(39)38(20-28-16-17-30(42-28)34(35,36)37)19-23-11-14-24(15-12-23)27-8-5-7-26(18-27)22(2)33(40)41/h3-18,22H,19-20H2,1-2H3,(H,40,41)/t22-/m1/s1. The molecule has 5 rings (SSSR count). The fraction of sp³-hybridized carbons (Fsp3) is 0.176. The summed E-state index contributed by atoms with van der Waals surface area (Å²) < 4.78 is 44.7. The molecule has 0 aliphatic rings. The van der Waals surface area contributed by atoms with E-state index in [-0.39, 0.29) is 24.8 Å². The van der Waals surface area contributed by atoms with Crippen molar-refractivity contribution < 1.29 is 32.3 Å². The molecule has 1 atom stereocenters. The molecule has 1 aromatic heterocycles. The Kier molecular flexibility index (Phi) is 7.89. The van der Waals surface area contributed by atoms with Crippen LogP contribution < -0.4 is 0 Å². The summed E-state index contributed by atoms with van der Waals surface area (Å²) >= 11 is 0. The minimum atomic E-state index is -4.63. The van der Waals surface area contributed by atoms with Crippen molar-refractivity contribution in [1.29, 1.82) is 0 Å². The van der Waals surface area contributed by atoms with Crippen LogP contribution in [0.2, 0.25) is 0 Å². The Morgan fingerprint density at radius 1 is 0.857 bits per heavy atom. The molecule has 0 aliphatic carbocycles. The third kappa shape index (κ3) is 6.07. The van der Waals surface area contributed by atoms with Gasteiger partial charge in [0.15, 0.2) is 0 Å². The monoisotopic (exact) mass is 571 g/mol. The highest BCUT2D eigenvalue weighted by atomic mass is 19.4. The molecule has 0 aliphatic heterocycles. The molecule has 1 heterocycles. The number of hydrogen-bond donors (Lipinski definition) is 1. The summed E-state index contributed by atoms with van der Waals surface area (Å²) in [7, 11) is 0. The van der Waals surface area contributed by atoms with Gasteiger partial charge < -0.3 is 14.4 Å². The average molecular weight is 572 g/mol. The summed E-state index contributed by atoms with van der Waals surface area (Å²) in [5.74, 6) is -2.98. The summed E-state index contributed by atoms with van der Waals surface area (Å²) in [5, 5.41) is 11.0. The molecule has 5 aromatic rings. The Morgan fingerprint density at radius 3 is 2.29 bits per heavy atom. The van der Waals surface area contributed by atoms with Gasteiger partial charge in [-0.25, -0.2) is 0 Å². The lowest BCUT2D eigenvalue weighted by molar-refractivity contribution is -0.153. The van der Waals surface area contributed by atoms with Gasteiger partial charge in [0.25, 0.3) is 5.91 Å². The minimum absolute atomic E-state index is 0.0227. The van der Waals surface area contributed by atoms with Crippen LogP contribution in [0.5, 0.6) is 0 Å². The zero-order chi connectivity index (χ0) is 30.0. The number of furan rings is 1. The van der Waals surface area contributed by atoms with E-state index in [0.29, 0.717) is 11.1 Å². The van der Waals surface area contributed by atoms with Crippen LogP contribution in [-0.2, 0) is 24.1 Å². The number of nitrogens with zero attached hydrogens (tertiary/aromatic N) is 1. The number of carbonyl (C=O) groups excluding carboxylic acids is 1. The first-order chi connectivity index (χ1) is 20.0. The van der Waals surface area contributed by atoms with Crippen molar-refractivity contribution in [3.8, 4) is 11.1 Å². The van der Waals surface area contributed by atoms with Gasteiger partial charge in [-0.05, 0) is 64.6 Å². The third-order valence-corrected chi connectivity index (χ3v) is 7.34. The van der Waals surface area contributed by atoms with Gasteiger partial charge in [0.1, 0.15) is 5.76 Å². The van der Waals surface area contributed by atoms with E-state index >= 15 is 0 Å². The first kappa shape index (κ1) is 28.7. The predicted octanol–water partition coefficient (Wildman–Crippen LogP) is 8.46. The highest BCUT2D eigenvalue weighted by Gasteiger charge is 2.35. The Morgan fingerprint density at radius 2 is 1.60 bits per heavy atom. The van der Waals surface area contributed by atoms with Crippen LogP contribution in [-0.4, -0.2) is 21.9 Å². The summed E-state index contributed by atoms with van der Waals surface area (Å²) in [6, 6.07) is 28.1. The molecule has 8 heteroatoms. The number of hydrogen-bond acceptors (Lipinski definition) is 3. The molecule has 1 N–H and O–H groups in total. The Balaban J connectivity index is 1.47. The lowest BCUT2D eigenvalue weighted by atomic mass is 9.96. The molecule has 0 radical (unpaired) electrons. The molecule has 0 fully saturated rings. The number of rotatable bonds is 8. The average Bonchev–Trinajstić information content (AvgIpc) is 3.46. The van der Waals surface area contributed by atoms with E-state index in [1.54, 1.807) is 13.0 Å². The number of carbonyl (C=O) groups is 2. The second kappa shape index (κ2) is 11.6. The minimum Gasteiger partial charge on any atom is -0.481 e. The summed E-state index contributed by atoms with van der Waals surface area (Å²) in [5.41, 5.74) is 4.40. The third-order valence-electron chi connectivity index (χ3n) is 7.34. The van der Waals surface area contributed by atoms with Crippen molar-refractivity contribution in [1.82, 2.24) is 4.90 Å². The maximum Gasteiger partial charge on any atom is 0.449 e. The Bertz CT molecular complexity index is 1760. The molecule has 5 nitrogen and oxygen atoms in total. The van der Waals surface area contributed by atoms with Gasteiger partial charge in [0.2, 0.25) is 5.76 Å². The van der Waals surface area contributed by atoms with Crippen LogP contribution in [0, 0.1) is 6.92 Å². The zero-order valence-corrected chi connectivity index (χ0v) is 23.0. The number of amides is 1. The molecule has 0 bridgehead atoms. The molecule has 0 unspecified atom stereocenters. The first-order valence-electron chi connectivity index (χ1n) is 13.4. The number of carboxylic acids is 1. The van der Waals surface area contributed by atoms with Crippen molar-refractivity contribution in [2.45, 2.75) is 39.0 Å². The van der Waals surface area contributed by atoms with E-state index in [0.717, 1.165) is 39.1 Å². The second-order valence-electron chi connectivity index (χ2n) is 10.3. The Hall–Kier alpha value is -4.85. The smallest absolute Gasteiger partial charge is 0.449 e. The van der Waals surface area contributed by atoms with Crippen molar-refractivity contribution >= 4 is 22.6 Å². The predicted molar refractivity (Wildman–Crippen MR) is 154 cm³/mol. The fourth-order valence-corrected chi connectivity index (χ4v) is 4.98. The Labute approximate surface area is 240 Å². The largest absolute Gasteiger partial charge is 0.481 e. The quantitative estimate of drug-likeness (QED) is 0.203. The molecule has 0 saturated heterocycles. The van der Waals surface area contributed by atoms with E-state index in [9.17, 15) is 27.9 Å². The zero-order valence-electron chi connectivity index (χ0n) is 23.0. The van der Waals surface area contributed by atoms with Crippen molar-refractivity contribution in [3.63, 3.8) is 0 Å². The van der Waals surface area contributed by atoms with Gasteiger partial charge in [-0.3, -0.25) is 9.59 Å². The van der Waals surface area contributed by atoms with E-state index in [2.05, 4.69) is 0 Å². The van der Waals surface area contributed by atoms with Gasteiger partial charge in [0, 0.05) is 6.54 Å². The van der Waals surface area contributed by atoms with Crippen LogP contribution in [0.1, 0.15) is 51.4 Å². The van der Waals surface area contributed by atoms with Crippen LogP contribution in [0.25, 0.3) is 21.9 Å². The van der Waals surface area contributed by atoms with E-state index < -0.39 is 23.8 Å². The van der Waals surface area contributed by atoms with Gasteiger partial charge in [-0.1, -0.05) is 84.9 Å². The molecule has 1 amide bonds. The molecular weight excluding hydrogens is 543 g/mol. The normalized spacial score (nSPS) is 12.3. The summed E-state index contributed by atoms with van der Waals surface area (Å²) in [6.45, 7) is 3.43. The summed E-state index contributed by atoms with van der Waals surface area (Å²) in [6.07, 6.45) is -4.63. The van der Waals surface area contributed by atoms with Gasteiger partial charge in [-0.15, -0.1) is 0 Å². The lowest BCUT2D eigenvalue weighted by Crippen LogP contribution is -2.30. The van der Waals surface area contributed by atoms with Crippen molar-refractivity contribution in [2.24, 2.45) is 0 Å². The molecule has 42 heavy (non-hydrogen) atoms. The van der Waals surface area contributed by atoms with Gasteiger partial charge in [0.05, 0.1) is 18.0 Å². The summed E-state index contributed by atoms with van der Waals surface area (Å²) in [4.78, 5) is 27.0. The first-order valence-corrected chi connectivity index (χ1v) is 13.4. The maximum absolute atomic E-state index is 14.1. The number of halogens is 3. The van der Waals surface area contributed by atoms with Gasteiger partial charge >= 0.3 is 12.1 Å². The van der Waals surface area contributed by atoms with Crippen LogP contribution in [0.4, 0.5) is 13.2 Å². The lowest BCUT2D eigenvalue weighted by Gasteiger charge is -2.24. The number of benzene rings is 4. The molecular formula is C34H28F3NO4. The molecule has 214 valence electrons. The number of carboxylic acid groups (broad SMARTS) is 1. The van der Waals surface area contributed by atoms with E-state index in [4.69, 9.17) is 4.42 Å². The van der Waals surface area contributed by atoms with Crippen molar-refractivity contribution in [3.05, 3.63) is 131 Å².